The van der Waals surface area contributed by atoms with E-state index in [9.17, 15) is 0 Å². The third kappa shape index (κ3) is 1.18. The molecule has 2 aromatic heterocycles. The van der Waals surface area contributed by atoms with E-state index in [0.29, 0.717) is 6.54 Å². The molecule has 0 spiro atoms. The van der Waals surface area contributed by atoms with Crippen LogP contribution in [0.15, 0.2) is 12.1 Å². The van der Waals surface area contributed by atoms with E-state index in [1.807, 2.05) is 23.6 Å². The highest BCUT2D eigenvalue weighted by Gasteiger charge is 2.41. The fraction of sp³-hybridized carbons (Fsp3) is 0.545. The Morgan fingerprint density at radius 1 is 1.38 bits per heavy atom. The minimum absolute atomic E-state index is 0.0141. The van der Waals surface area contributed by atoms with Crippen LogP contribution in [0.5, 0.6) is 0 Å². The van der Waals surface area contributed by atoms with Crippen molar-refractivity contribution in [3.63, 3.8) is 0 Å². The smallest absolute Gasteiger partial charge is 0.177 e. The molecule has 0 amide bonds. The Labute approximate surface area is 93.7 Å². The Balaban J connectivity index is 2.19. The van der Waals surface area contributed by atoms with Gasteiger partial charge in [-0.15, -0.1) is 10.2 Å². The lowest BCUT2D eigenvalue weighted by atomic mass is 9.68. The normalized spacial score (nSPS) is 18.6. The number of nitrogens with zero attached hydrogens (tertiary/aromatic N) is 4. The summed E-state index contributed by atoms with van der Waals surface area (Å²) in [5.41, 5.74) is 7.67. The van der Waals surface area contributed by atoms with Crippen LogP contribution in [0.25, 0.3) is 5.65 Å². The zero-order valence-electron chi connectivity index (χ0n) is 9.35. The van der Waals surface area contributed by atoms with Crippen molar-refractivity contribution in [3.05, 3.63) is 23.7 Å². The SMILES string of the molecule is Cc1ccc2nnc(C3(CN)CCC3)n2n1. The van der Waals surface area contributed by atoms with Crippen LogP contribution in [0.1, 0.15) is 30.8 Å². The Morgan fingerprint density at radius 3 is 2.81 bits per heavy atom. The van der Waals surface area contributed by atoms with Gasteiger partial charge >= 0.3 is 0 Å². The van der Waals surface area contributed by atoms with E-state index >= 15 is 0 Å². The van der Waals surface area contributed by atoms with Gasteiger partial charge < -0.3 is 5.73 Å². The summed E-state index contributed by atoms with van der Waals surface area (Å²) in [6.07, 6.45) is 3.41. The monoisotopic (exact) mass is 217 g/mol. The van der Waals surface area contributed by atoms with E-state index < -0.39 is 0 Å². The molecule has 0 unspecified atom stereocenters. The first-order valence-corrected chi connectivity index (χ1v) is 5.65. The van der Waals surface area contributed by atoms with Crippen molar-refractivity contribution in [2.75, 3.05) is 6.54 Å². The van der Waals surface area contributed by atoms with E-state index in [0.717, 1.165) is 30.0 Å². The zero-order valence-corrected chi connectivity index (χ0v) is 9.35. The van der Waals surface area contributed by atoms with Gasteiger partial charge in [-0.3, -0.25) is 0 Å². The van der Waals surface area contributed by atoms with Crippen molar-refractivity contribution in [3.8, 4) is 0 Å². The van der Waals surface area contributed by atoms with Gasteiger partial charge in [0.1, 0.15) is 0 Å². The number of hydrogen-bond donors (Lipinski definition) is 1. The molecule has 1 saturated carbocycles. The summed E-state index contributed by atoms with van der Waals surface area (Å²) < 4.78 is 1.85. The lowest BCUT2D eigenvalue weighted by molar-refractivity contribution is 0.233. The average molecular weight is 217 g/mol. The maximum atomic E-state index is 5.88. The van der Waals surface area contributed by atoms with Gasteiger partial charge in [0.2, 0.25) is 0 Å². The topological polar surface area (TPSA) is 69.1 Å². The molecule has 0 radical (unpaired) electrons. The molecule has 16 heavy (non-hydrogen) atoms. The molecule has 5 nitrogen and oxygen atoms in total. The summed E-state index contributed by atoms with van der Waals surface area (Å²) in [5.74, 6) is 0.931. The predicted molar refractivity (Wildman–Crippen MR) is 60.1 cm³/mol. The molecule has 5 heteroatoms. The summed E-state index contributed by atoms with van der Waals surface area (Å²) in [6.45, 7) is 2.60. The lowest BCUT2D eigenvalue weighted by Crippen LogP contribution is -2.43. The molecule has 1 aliphatic carbocycles. The van der Waals surface area contributed by atoms with E-state index in [1.165, 1.54) is 6.42 Å². The fourth-order valence-electron chi connectivity index (χ4n) is 2.33. The van der Waals surface area contributed by atoms with Gasteiger partial charge in [0.25, 0.3) is 0 Å². The summed E-state index contributed by atoms with van der Waals surface area (Å²) in [6, 6.07) is 3.89. The van der Waals surface area contributed by atoms with Crippen LogP contribution in [-0.4, -0.2) is 26.4 Å². The predicted octanol–water partition coefficient (Wildman–Crippen LogP) is 0.813. The van der Waals surface area contributed by atoms with Crippen molar-refractivity contribution < 1.29 is 0 Å². The molecule has 3 rings (SSSR count). The van der Waals surface area contributed by atoms with Crippen molar-refractivity contribution in [2.45, 2.75) is 31.6 Å². The van der Waals surface area contributed by atoms with Crippen LogP contribution < -0.4 is 5.73 Å². The number of aromatic nitrogens is 4. The minimum Gasteiger partial charge on any atom is -0.329 e. The molecule has 2 heterocycles. The number of nitrogens with two attached hydrogens (primary N) is 1. The number of fused-ring (bicyclic) bond motifs is 1. The van der Waals surface area contributed by atoms with Gasteiger partial charge in [0.05, 0.1) is 5.69 Å². The van der Waals surface area contributed by atoms with Crippen LogP contribution in [-0.2, 0) is 5.41 Å². The van der Waals surface area contributed by atoms with Crippen molar-refractivity contribution in [1.29, 1.82) is 0 Å². The number of hydrogen-bond acceptors (Lipinski definition) is 4. The molecule has 84 valence electrons. The Kier molecular flexibility index (Phi) is 1.97. The highest BCUT2D eigenvalue weighted by molar-refractivity contribution is 5.38. The lowest BCUT2D eigenvalue weighted by Gasteiger charge is -2.38. The number of rotatable bonds is 2. The van der Waals surface area contributed by atoms with Gasteiger partial charge in [0, 0.05) is 12.0 Å². The van der Waals surface area contributed by atoms with E-state index in [4.69, 9.17) is 5.73 Å². The summed E-state index contributed by atoms with van der Waals surface area (Å²) in [5, 5.41) is 12.9. The van der Waals surface area contributed by atoms with Crippen molar-refractivity contribution >= 4 is 5.65 Å². The zero-order chi connectivity index (χ0) is 11.2. The first-order valence-electron chi connectivity index (χ1n) is 5.65. The van der Waals surface area contributed by atoms with Gasteiger partial charge in [-0.05, 0) is 31.9 Å². The fourth-order valence-corrected chi connectivity index (χ4v) is 2.33. The van der Waals surface area contributed by atoms with Crippen LogP contribution >= 0.6 is 0 Å². The Morgan fingerprint density at radius 2 is 2.19 bits per heavy atom. The standard InChI is InChI=1S/C11H15N5/c1-8-3-4-9-13-14-10(16(9)15-8)11(7-12)5-2-6-11/h3-4H,2,5-7,12H2,1H3. The van der Waals surface area contributed by atoms with Gasteiger partial charge in [-0.25, -0.2) is 0 Å². The molecule has 1 aliphatic rings. The molecule has 0 saturated heterocycles. The largest absolute Gasteiger partial charge is 0.329 e. The maximum Gasteiger partial charge on any atom is 0.177 e. The third-order valence-corrected chi connectivity index (χ3v) is 3.57. The molecule has 0 bridgehead atoms. The Bertz CT molecular complexity index is 521. The quantitative estimate of drug-likeness (QED) is 0.808. The van der Waals surface area contributed by atoms with Crippen LogP contribution in [0.4, 0.5) is 0 Å². The molecule has 1 fully saturated rings. The average Bonchev–Trinajstić information content (AvgIpc) is 2.61. The van der Waals surface area contributed by atoms with E-state index in [1.54, 1.807) is 0 Å². The van der Waals surface area contributed by atoms with Crippen LogP contribution in [0, 0.1) is 6.92 Å². The molecular formula is C11H15N5. The summed E-state index contributed by atoms with van der Waals surface area (Å²) >= 11 is 0. The van der Waals surface area contributed by atoms with Crippen LogP contribution in [0.2, 0.25) is 0 Å². The third-order valence-electron chi connectivity index (χ3n) is 3.57. The van der Waals surface area contributed by atoms with Gasteiger partial charge in [-0.2, -0.15) is 9.61 Å². The number of aryl methyl sites for hydroxylation is 1. The maximum absolute atomic E-state index is 5.88. The second-order valence-corrected chi connectivity index (χ2v) is 4.61. The van der Waals surface area contributed by atoms with E-state index in [2.05, 4.69) is 15.3 Å². The van der Waals surface area contributed by atoms with Gasteiger partial charge in [-0.1, -0.05) is 6.42 Å². The molecule has 0 atom stereocenters. The van der Waals surface area contributed by atoms with Crippen molar-refractivity contribution in [1.82, 2.24) is 19.8 Å². The molecule has 2 aromatic rings. The minimum atomic E-state index is 0.0141. The first-order chi connectivity index (χ1) is 7.75. The second-order valence-electron chi connectivity index (χ2n) is 4.61. The second kappa shape index (κ2) is 3.25. The molecular weight excluding hydrogens is 202 g/mol. The van der Waals surface area contributed by atoms with E-state index in [-0.39, 0.29) is 5.41 Å². The highest BCUT2D eigenvalue weighted by atomic mass is 15.4. The van der Waals surface area contributed by atoms with Crippen molar-refractivity contribution in [2.24, 2.45) is 5.73 Å². The first kappa shape index (κ1) is 9.72. The summed E-state index contributed by atoms with van der Waals surface area (Å²) in [7, 11) is 0. The molecule has 0 aromatic carbocycles. The molecule has 2 N–H and O–H groups in total. The Hall–Kier alpha value is -1.49. The van der Waals surface area contributed by atoms with Crippen LogP contribution in [0.3, 0.4) is 0 Å². The highest BCUT2D eigenvalue weighted by Crippen LogP contribution is 2.41. The van der Waals surface area contributed by atoms with Gasteiger partial charge in [0.15, 0.2) is 11.5 Å². The molecule has 0 aliphatic heterocycles. The summed E-state index contributed by atoms with van der Waals surface area (Å²) in [4.78, 5) is 0.